The van der Waals surface area contributed by atoms with Crippen molar-refractivity contribution in [3.05, 3.63) is 46.8 Å². The van der Waals surface area contributed by atoms with Crippen molar-refractivity contribution < 1.29 is 9.18 Å². The van der Waals surface area contributed by atoms with Gasteiger partial charge in [-0.25, -0.2) is 9.37 Å². The van der Waals surface area contributed by atoms with Crippen LogP contribution in [-0.2, 0) is 7.05 Å². The monoisotopic (exact) mass is 436 g/mol. The molecule has 4 rings (SSSR count). The Morgan fingerprint density at radius 2 is 2.14 bits per heavy atom. The summed E-state index contributed by atoms with van der Waals surface area (Å²) < 4.78 is 16.4. The highest BCUT2D eigenvalue weighted by Gasteiger charge is 2.26. The van der Waals surface area contributed by atoms with Crippen LogP contribution in [0, 0.1) is 11.7 Å². The van der Waals surface area contributed by atoms with Crippen LogP contribution in [0.3, 0.4) is 0 Å². The number of alkyl halides is 1. The Labute approximate surface area is 179 Å². The van der Waals surface area contributed by atoms with Crippen LogP contribution in [0.15, 0.2) is 35.4 Å². The van der Waals surface area contributed by atoms with Crippen LogP contribution in [0.5, 0.6) is 0 Å². The van der Waals surface area contributed by atoms with Gasteiger partial charge in [0.1, 0.15) is 5.82 Å². The number of hydrogen-bond donors (Lipinski definition) is 2. The van der Waals surface area contributed by atoms with Crippen molar-refractivity contribution in [3.63, 3.8) is 0 Å². The third kappa shape index (κ3) is 4.01. The summed E-state index contributed by atoms with van der Waals surface area (Å²) in [7, 11) is 1.77. The van der Waals surface area contributed by atoms with Crippen LogP contribution < -0.4 is 10.6 Å². The predicted molar refractivity (Wildman–Crippen MR) is 115 cm³/mol. The Bertz CT molecular complexity index is 1020. The Kier molecular flexibility index (Phi) is 5.58. The number of imidazole rings is 1. The van der Waals surface area contributed by atoms with E-state index in [1.54, 1.807) is 23.8 Å². The van der Waals surface area contributed by atoms with Gasteiger partial charge in [-0.3, -0.25) is 4.79 Å². The number of allylic oxidation sites excluding steroid dienone is 2. The molecule has 1 saturated carbocycles. The number of carbonyl (C=O) groups is 1. The minimum atomic E-state index is -0.565. The fourth-order valence-electron chi connectivity index (χ4n) is 4.03. The van der Waals surface area contributed by atoms with Crippen molar-refractivity contribution in [2.24, 2.45) is 13.0 Å². The van der Waals surface area contributed by atoms with E-state index in [9.17, 15) is 9.18 Å². The molecule has 4 unspecified atom stereocenters. The average Bonchev–Trinajstić information content (AvgIpc) is 3.21. The van der Waals surface area contributed by atoms with Gasteiger partial charge >= 0.3 is 0 Å². The first-order chi connectivity index (χ1) is 13.8. The maximum absolute atomic E-state index is 14.7. The number of hydrogen-bond acceptors (Lipinski definition) is 3. The SMILES string of the molecule is CC1CCC(NC(=O)c2cc3nc(NC4C(Cl)=CC=CC4Cl)n(C)c3cc2F)C1. The minimum absolute atomic E-state index is 0.00968. The van der Waals surface area contributed by atoms with Gasteiger partial charge in [-0.15, -0.1) is 11.6 Å². The molecule has 0 spiro atoms. The Hall–Kier alpha value is -2.05. The summed E-state index contributed by atoms with van der Waals surface area (Å²) in [6.45, 7) is 2.16. The van der Waals surface area contributed by atoms with Crippen molar-refractivity contribution in [3.8, 4) is 0 Å². The molecule has 1 heterocycles. The smallest absolute Gasteiger partial charge is 0.254 e. The molecule has 0 saturated heterocycles. The molecular formula is C21H23Cl2FN4O. The van der Waals surface area contributed by atoms with Crippen molar-refractivity contribution in [1.82, 2.24) is 14.9 Å². The number of carbonyl (C=O) groups excluding carboxylic acids is 1. The molecule has 0 aliphatic heterocycles. The van der Waals surface area contributed by atoms with E-state index in [0.717, 1.165) is 19.3 Å². The highest BCUT2D eigenvalue weighted by Crippen LogP contribution is 2.28. The number of benzene rings is 1. The summed E-state index contributed by atoms with van der Waals surface area (Å²) in [5.74, 6) is 0.120. The van der Waals surface area contributed by atoms with E-state index < -0.39 is 11.7 Å². The lowest BCUT2D eigenvalue weighted by Crippen LogP contribution is -2.33. The fourth-order valence-corrected chi connectivity index (χ4v) is 4.64. The molecule has 8 heteroatoms. The van der Waals surface area contributed by atoms with E-state index in [2.05, 4.69) is 22.5 Å². The summed E-state index contributed by atoms with van der Waals surface area (Å²) in [4.78, 5) is 17.2. The number of amides is 1. The van der Waals surface area contributed by atoms with Gasteiger partial charge in [-0.1, -0.05) is 30.7 Å². The van der Waals surface area contributed by atoms with Gasteiger partial charge in [0.25, 0.3) is 5.91 Å². The molecule has 1 amide bonds. The first-order valence-corrected chi connectivity index (χ1v) is 10.6. The lowest BCUT2D eigenvalue weighted by molar-refractivity contribution is 0.0933. The summed E-state index contributed by atoms with van der Waals surface area (Å²) in [6, 6.07) is 2.61. The number of nitrogens with one attached hydrogen (secondary N) is 2. The fraction of sp³-hybridized carbons (Fsp3) is 0.429. The van der Waals surface area contributed by atoms with Crippen molar-refractivity contribution in [1.29, 1.82) is 0 Å². The van der Waals surface area contributed by atoms with E-state index in [0.29, 0.717) is 27.9 Å². The topological polar surface area (TPSA) is 59.0 Å². The number of aromatic nitrogens is 2. The molecule has 4 atom stereocenters. The lowest BCUT2D eigenvalue weighted by Gasteiger charge is -2.23. The van der Waals surface area contributed by atoms with Gasteiger partial charge in [-0.2, -0.15) is 0 Å². The number of fused-ring (bicyclic) bond motifs is 1. The van der Waals surface area contributed by atoms with E-state index in [-0.39, 0.29) is 23.0 Å². The van der Waals surface area contributed by atoms with Crippen LogP contribution in [0.1, 0.15) is 36.5 Å². The van der Waals surface area contributed by atoms with Crippen molar-refractivity contribution in [2.75, 3.05) is 5.32 Å². The van der Waals surface area contributed by atoms with Crippen LogP contribution in [0.4, 0.5) is 10.3 Å². The standard InChI is InChI=1S/C21H23Cl2FN4O/c1-11-6-7-12(8-11)25-20(29)13-9-17-18(10-16(13)24)28(2)21(26-17)27-19-14(22)4-3-5-15(19)23/h3-5,9-12,14,19H,6-8H2,1-2H3,(H,25,29)(H,26,27). The van der Waals surface area contributed by atoms with Gasteiger partial charge < -0.3 is 15.2 Å². The van der Waals surface area contributed by atoms with Gasteiger partial charge in [0.05, 0.1) is 28.0 Å². The molecule has 0 bridgehead atoms. The number of rotatable bonds is 4. The molecule has 1 aromatic heterocycles. The van der Waals surface area contributed by atoms with Crippen LogP contribution in [0.25, 0.3) is 11.0 Å². The molecule has 2 aliphatic carbocycles. The zero-order chi connectivity index (χ0) is 20.7. The normalized spacial score (nSPS) is 26.6. The van der Waals surface area contributed by atoms with Crippen molar-refractivity contribution in [2.45, 2.75) is 43.6 Å². The van der Waals surface area contributed by atoms with Gasteiger partial charge in [-0.05, 0) is 37.3 Å². The highest BCUT2D eigenvalue weighted by molar-refractivity contribution is 6.32. The van der Waals surface area contributed by atoms with E-state index in [1.165, 1.54) is 12.1 Å². The molecule has 2 aromatic rings. The summed E-state index contributed by atoms with van der Waals surface area (Å²) in [5, 5.41) is 6.40. The average molecular weight is 437 g/mol. The summed E-state index contributed by atoms with van der Waals surface area (Å²) >= 11 is 12.6. The number of nitrogens with zero attached hydrogens (tertiary/aromatic N) is 2. The van der Waals surface area contributed by atoms with E-state index in [4.69, 9.17) is 23.2 Å². The Morgan fingerprint density at radius 3 is 2.83 bits per heavy atom. The largest absolute Gasteiger partial charge is 0.349 e. The van der Waals surface area contributed by atoms with Crippen LogP contribution in [0.2, 0.25) is 0 Å². The molecule has 2 N–H and O–H groups in total. The molecule has 2 aliphatic rings. The zero-order valence-electron chi connectivity index (χ0n) is 16.3. The van der Waals surface area contributed by atoms with Crippen LogP contribution in [-0.4, -0.2) is 32.9 Å². The second-order valence-electron chi connectivity index (χ2n) is 7.91. The first-order valence-electron chi connectivity index (χ1n) is 9.75. The minimum Gasteiger partial charge on any atom is -0.349 e. The zero-order valence-corrected chi connectivity index (χ0v) is 17.8. The summed E-state index contributed by atoms with van der Waals surface area (Å²) in [5.41, 5.74) is 1.11. The molecule has 1 aromatic carbocycles. The van der Waals surface area contributed by atoms with Gasteiger partial charge in [0, 0.05) is 24.2 Å². The third-order valence-electron chi connectivity index (χ3n) is 5.69. The molecular weight excluding hydrogens is 414 g/mol. The highest BCUT2D eigenvalue weighted by atomic mass is 35.5. The van der Waals surface area contributed by atoms with Crippen molar-refractivity contribution >= 4 is 46.1 Å². The molecule has 5 nitrogen and oxygen atoms in total. The first kappa shape index (κ1) is 20.2. The van der Waals surface area contributed by atoms with E-state index in [1.807, 2.05) is 6.08 Å². The third-order valence-corrected chi connectivity index (χ3v) is 6.45. The Balaban J connectivity index is 1.60. The van der Waals surface area contributed by atoms with Gasteiger partial charge in [0.2, 0.25) is 5.95 Å². The second kappa shape index (κ2) is 8.00. The molecule has 1 fully saturated rings. The number of halogens is 3. The summed E-state index contributed by atoms with van der Waals surface area (Å²) in [6.07, 6.45) is 8.34. The quantitative estimate of drug-likeness (QED) is 0.682. The number of anilines is 1. The maximum Gasteiger partial charge on any atom is 0.254 e. The molecule has 29 heavy (non-hydrogen) atoms. The predicted octanol–water partition coefficient (Wildman–Crippen LogP) is 4.71. The molecule has 154 valence electrons. The number of aryl methyl sites for hydroxylation is 1. The van der Waals surface area contributed by atoms with Crippen LogP contribution >= 0.6 is 23.2 Å². The van der Waals surface area contributed by atoms with E-state index >= 15 is 0 Å². The van der Waals surface area contributed by atoms with Gasteiger partial charge in [0.15, 0.2) is 0 Å². The maximum atomic E-state index is 14.7. The second-order valence-corrected chi connectivity index (χ2v) is 8.85. The lowest BCUT2D eigenvalue weighted by atomic mass is 10.1. The Morgan fingerprint density at radius 1 is 1.34 bits per heavy atom. The molecule has 0 radical (unpaired) electrons.